The predicted molar refractivity (Wildman–Crippen MR) is 74.0 cm³/mol. The summed E-state index contributed by atoms with van der Waals surface area (Å²) in [5.41, 5.74) is 2.54. The van der Waals surface area contributed by atoms with Crippen LogP contribution in [-0.2, 0) is 0 Å². The van der Waals surface area contributed by atoms with Crippen LogP contribution in [0.1, 0.15) is 29.8 Å². The molecule has 1 aromatic rings. The number of aryl methyl sites for hydroxylation is 1. The highest BCUT2D eigenvalue weighted by Crippen LogP contribution is 2.19. The Morgan fingerprint density at radius 2 is 2.17 bits per heavy atom. The van der Waals surface area contributed by atoms with E-state index in [0.717, 1.165) is 17.8 Å². The first-order valence-corrected chi connectivity index (χ1v) is 6.23. The highest BCUT2D eigenvalue weighted by molar-refractivity contribution is 5.99. The zero-order chi connectivity index (χ0) is 13.7. The third-order valence-electron chi connectivity index (χ3n) is 2.66. The van der Waals surface area contributed by atoms with Gasteiger partial charge in [0.1, 0.15) is 0 Å². The molecule has 18 heavy (non-hydrogen) atoms. The Bertz CT molecular complexity index is 416. The Kier molecular flexibility index (Phi) is 5.16. The van der Waals surface area contributed by atoms with Crippen LogP contribution in [0, 0.1) is 6.92 Å². The molecular formula is C14H22N2O2. The standard InChI is InChI=1S/C14H22N2O2/c1-5-15-13-7-6-10(2)8-12(13)14(18)16(4)9-11(3)17/h6-8,11,15,17H,5,9H2,1-4H3. The van der Waals surface area contributed by atoms with Crippen molar-refractivity contribution in [2.24, 2.45) is 0 Å². The van der Waals surface area contributed by atoms with Crippen LogP contribution in [0.4, 0.5) is 5.69 Å². The number of benzene rings is 1. The second-order valence-electron chi connectivity index (χ2n) is 4.61. The second-order valence-corrected chi connectivity index (χ2v) is 4.61. The van der Waals surface area contributed by atoms with Crippen LogP contribution in [0.3, 0.4) is 0 Å². The van der Waals surface area contributed by atoms with E-state index < -0.39 is 6.10 Å². The van der Waals surface area contributed by atoms with Crippen molar-refractivity contribution in [2.75, 3.05) is 25.5 Å². The molecule has 4 heteroatoms. The molecule has 1 rings (SSSR count). The number of nitrogens with one attached hydrogen (secondary N) is 1. The van der Waals surface area contributed by atoms with E-state index in [1.807, 2.05) is 32.0 Å². The maximum atomic E-state index is 12.3. The molecule has 100 valence electrons. The van der Waals surface area contributed by atoms with E-state index in [4.69, 9.17) is 0 Å². The number of nitrogens with zero attached hydrogens (tertiary/aromatic N) is 1. The number of carbonyl (C=O) groups is 1. The van der Waals surface area contributed by atoms with E-state index in [0.29, 0.717) is 12.1 Å². The van der Waals surface area contributed by atoms with E-state index >= 15 is 0 Å². The molecule has 1 atom stereocenters. The van der Waals surface area contributed by atoms with E-state index in [-0.39, 0.29) is 5.91 Å². The number of anilines is 1. The molecule has 0 saturated heterocycles. The Labute approximate surface area is 109 Å². The zero-order valence-electron chi connectivity index (χ0n) is 11.5. The number of carbonyl (C=O) groups excluding carboxylic acids is 1. The van der Waals surface area contributed by atoms with Crippen molar-refractivity contribution in [1.82, 2.24) is 4.90 Å². The molecular weight excluding hydrogens is 228 g/mol. The lowest BCUT2D eigenvalue weighted by Gasteiger charge is -2.21. The summed E-state index contributed by atoms with van der Waals surface area (Å²) < 4.78 is 0. The second kappa shape index (κ2) is 6.40. The number of amides is 1. The number of aliphatic hydroxyl groups is 1. The van der Waals surface area contributed by atoms with E-state index in [9.17, 15) is 9.90 Å². The first-order valence-electron chi connectivity index (χ1n) is 6.23. The van der Waals surface area contributed by atoms with Gasteiger partial charge >= 0.3 is 0 Å². The molecule has 4 nitrogen and oxygen atoms in total. The molecule has 1 unspecified atom stereocenters. The smallest absolute Gasteiger partial charge is 0.255 e. The molecule has 0 radical (unpaired) electrons. The molecule has 0 heterocycles. The fourth-order valence-corrected chi connectivity index (χ4v) is 1.86. The minimum Gasteiger partial charge on any atom is -0.392 e. The number of rotatable bonds is 5. The number of aliphatic hydroxyl groups excluding tert-OH is 1. The van der Waals surface area contributed by atoms with Gasteiger partial charge in [-0.15, -0.1) is 0 Å². The van der Waals surface area contributed by atoms with Crippen LogP contribution in [0.15, 0.2) is 18.2 Å². The normalized spacial score (nSPS) is 12.1. The van der Waals surface area contributed by atoms with Crippen molar-refractivity contribution in [1.29, 1.82) is 0 Å². The molecule has 1 aromatic carbocycles. The number of likely N-dealkylation sites (N-methyl/N-ethyl adjacent to an activating group) is 1. The van der Waals surface area contributed by atoms with Crippen LogP contribution in [0.2, 0.25) is 0 Å². The topological polar surface area (TPSA) is 52.6 Å². The third kappa shape index (κ3) is 3.74. The molecule has 0 aliphatic carbocycles. The zero-order valence-corrected chi connectivity index (χ0v) is 11.5. The van der Waals surface area contributed by atoms with Crippen molar-refractivity contribution >= 4 is 11.6 Å². The summed E-state index contributed by atoms with van der Waals surface area (Å²) in [5, 5.41) is 12.5. The summed E-state index contributed by atoms with van der Waals surface area (Å²) >= 11 is 0. The average molecular weight is 250 g/mol. The van der Waals surface area contributed by atoms with Crippen molar-refractivity contribution < 1.29 is 9.90 Å². The first kappa shape index (κ1) is 14.5. The van der Waals surface area contributed by atoms with Gasteiger partial charge < -0.3 is 15.3 Å². The lowest BCUT2D eigenvalue weighted by Crippen LogP contribution is -2.33. The van der Waals surface area contributed by atoms with E-state index in [1.165, 1.54) is 0 Å². The molecule has 0 bridgehead atoms. The number of hydrogen-bond donors (Lipinski definition) is 2. The van der Waals surface area contributed by atoms with Crippen molar-refractivity contribution in [3.8, 4) is 0 Å². The predicted octanol–water partition coefficient (Wildman–Crippen LogP) is 1.88. The lowest BCUT2D eigenvalue weighted by molar-refractivity contribution is 0.0704. The molecule has 0 aliphatic heterocycles. The Morgan fingerprint density at radius 1 is 1.50 bits per heavy atom. The van der Waals surface area contributed by atoms with Crippen molar-refractivity contribution in [3.63, 3.8) is 0 Å². The molecule has 2 N–H and O–H groups in total. The van der Waals surface area contributed by atoms with Crippen LogP contribution in [0.5, 0.6) is 0 Å². The van der Waals surface area contributed by atoms with Gasteiger partial charge in [0.2, 0.25) is 0 Å². The summed E-state index contributed by atoms with van der Waals surface area (Å²) in [6.07, 6.45) is -0.522. The molecule has 0 aromatic heterocycles. The largest absolute Gasteiger partial charge is 0.392 e. The van der Waals surface area contributed by atoms with Gasteiger partial charge in [0.15, 0.2) is 0 Å². The van der Waals surface area contributed by atoms with Crippen LogP contribution < -0.4 is 5.32 Å². The molecule has 0 aliphatic rings. The Morgan fingerprint density at radius 3 is 2.72 bits per heavy atom. The van der Waals surface area contributed by atoms with Crippen LogP contribution in [0.25, 0.3) is 0 Å². The van der Waals surface area contributed by atoms with Gasteiger partial charge in [0.05, 0.1) is 11.7 Å². The highest BCUT2D eigenvalue weighted by atomic mass is 16.3. The molecule has 0 fully saturated rings. The maximum Gasteiger partial charge on any atom is 0.255 e. The monoisotopic (exact) mass is 250 g/mol. The molecule has 1 amide bonds. The van der Waals surface area contributed by atoms with Gasteiger partial charge in [-0.1, -0.05) is 11.6 Å². The van der Waals surface area contributed by atoms with Gasteiger partial charge in [-0.25, -0.2) is 0 Å². The molecule has 0 saturated carbocycles. The maximum absolute atomic E-state index is 12.3. The van der Waals surface area contributed by atoms with Crippen LogP contribution >= 0.6 is 0 Å². The molecule has 0 spiro atoms. The average Bonchev–Trinajstić information content (AvgIpc) is 2.30. The quantitative estimate of drug-likeness (QED) is 0.839. The van der Waals surface area contributed by atoms with Gasteiger partial charge in [-0.05, 0) is 32.9 Å². The minimum absolute atomic E-state index is 0.0736. The SMILES string of the molecule is CCNc1ccc(C)cc1C(=O)N(C)CC(C)O. The van der Waals surface area contributed by atoms with Gasteiger partial charge in [-0.2, -0.15) is 0 Å². The van der Waals surface area contributed by atoms with Crippen LogP contribution in [-0.4, -0.2) is 42.2 Å². The highest BCUT2D eigenvalue weighted by Gasteiger charge is 2.16. The summed E-state index contributed by atoms with van der Waals surface area (Å²) in [7, 11) is 1.70. The van der Waals surface area contributed by atoms with E-state index in [2.05, 4.69) is 5.32 Å². The van der Waals surface area contributed by atoms with E-state index in [1.54, 1.807) is 18.9 Å². The third-order valence-corrected chi connectivity index (χ3v) is 2.66. The summed E-state index contributed by atoms with van der Waals surface area (Å²) in [4.78, 5) is 13.8. The fourth-order valence-electron chi connectivity index (χ4n) is 1.86. The summed E-state index contributed by atoms with van der Waals surface area (Å²) in [5.74, 6) is -0.0736. The Balaban J connectivity index is 2.99. The van der Waals surface area contributed by atoms with Crippen molar-refractivity contribution in [3.05, 3.63) is 29.3 Å². The Hall–Kier alpha value is -1.55. The fraction of sp³-hybridized carbons (Fsp3) is 0.500. The van der Waals surface area contributed by atoms with Gasteiger partial charge in [0, 0.05) is 25.8 Å². The number of hydrogen-bond acceptors (Lipinski definition) is 3. The van der Waals surface area contributed by atoms with Gasteiger partial charge in [-0.3, -0.25) is 4.79 Å². The summed E-state index contributed by atoms with van der Waals surface area (Å²) in [6, 6.07) is 5.77. The lowest BCUT2D eigenvalue weighted by atomic mass is 10.1. The van der Waals surface area contributed by atoms with Crippen molar-refractivity contribution in [2.45, 2.75) is 26.9 Å². The van der Waals surface area contributed by atoms with Gasteiger partial charge in [0.25, 0.3) is 5.91 Å². The summed E-state index contributed by atoms with van der Waals surface area (Å²) in [6.45, 7) is 6.72. The first-order chi connectivity index (χ1) is 8.45. The minimum atomic E-state index is -0.522.